The summed E-state index contributed by atoms with van der Waals surface area (Å²) in [5, 5.41) is 3.26. The zero-order valence-electron chi connectivity index (χ0n) is 9.99. The lowest BCUT2D eigenvalue weighted by Crippen LogP contribution is -2.36. The molecular weight excluding hydrogens is 296 g/mol. The summed E-state index contributed by atoms with van der Waals surface area (Å²) in [7, 11) is 0. The second-order valence-electron chi connectivity index (χ2n) is 4.96. The van der Waals surface area contributed by atoms with Crippen LogP contribution in [-0.2, 0) is 11.3 Å². The fraction of sp³-hybridized carbons (Fsp3) is 0.462. The zero-order valence-corrected chi connectivity index (χ0v) is 11.6. The van der Waals surface area contributed by atoms with Gasteiger partial charge in [-0.15, -0.1) is 0 Å². The first-order chi connectivity index (χ1) is 8.67. The van der Waals surface area contributed by atoms with Gasteiger partial charge in [-0.25, -0.2) is 4.79 Å². The van der Waals surface area contributed by atoms with Gasteiger partial charge in [0.15, 0.2) is 0 Å². The third kappa shape index (κ3) is 2.24. The molecule has 1 unspecified atom stereocenters. The predicted octanol–water partition coefficient (Wildman–Crippen LogP) is 2.13. The SMILES string of the molecule is O=C1OC2(CCNC2)CN1Cc1cccc(Br)c1. The summed E-state index contributed by atoms with van der Waals surface area (Å²) in [6, 6.07) is 8.02. The Bertz CT molecular complexity index is 472. The number of hydrogen-bond donors (Lipinski definition) is 1. The summed E-state index contributed by atoms with van der Waals surface area (Å²) in [5.74, 6) is 0. The summed E-state index contributed by atoms with van der Waals surface area (Å²) in [4.78, 5) is 13.7. The van der Waals surface area contributed by atoms with Crippen molar-refractivity contribution in [3.05, 3.63) is 34.3 Å². The Morgan fingerprint density at radius 2 is 2.39 bits per heavy atom. The van der Waals surface area contributed by atoms with Crippen LogP contribution in [0, 0.1) is 0 Å². The molecule has 2 heterocycles. The molecule has 0 aliphatic carbocycles. The molecule has 18 heavy (non-hydrogen) atoms. The predicted molar refractivity (Wildman–Crippen MR) is 71.3 cm³/mol. The smallest absolute Gasteiger partial charge is 0.410 e. The van der Waals surface area contributed by atoms with E-state index in [0.29, 0.717) is 13.1 Å². The summed E-state index contributed by atoms with van der Waals surface area (Å²) in [6.45, 7) is 3.00. The highest BCUT2D eigenvalue weighted by Crippen LogP contribution is 2.29. The van der Waals surface area contributed by atoms with Crippen molar-refractivity contribution in [2.45, 2.75) is 18.6 Å². The number of halogens is 1. The first kappa shape index (κ1) is 12.0. The van der Waals surface area contributed by atoms with Gasteiger partial charge in [-0.1, -0.05) is 28.1 Å². The molecule has 0 radical (unpaired) electrons. The van der Waals surface area contributed by atoms with Crippen molar-refractivity contribution < 1.29 is 9.53 Å². The van der Waals surface area contributed by atoms with E-state index in [-0.39, 0.29) is 11.7 Å². The van der Waals surface area contributed by atoms with Crippen molar-refractivity contribution in [1.82, 2.24) is 10.2 Å². The van der Waals surface area contributed by atoms with Gasteiger partial charge in [0, 0.05) is 24.0 Å². The van der Waals surface area contributed by atoms with Gasteiger partial charge in [-0.05, 0) is 24.2 Å². The van der Waals surface area contributed by atoms with E-state index in [1.54, 1.807) is 4.90 Å². The number of benzene rings is 1. The van der Waals surface area contributed by atoms with Crippen LogP contribution in [0.15, 0.2) is 28.7 Å². The van der Waals surface area contributed by atoms with Gasteiger partial charge >= 0.3 is 6.09 Å². The van der Waals surface area contributed by atoms with Crippen molar-refractivity contribution in [3.8, 4) is 0 Å². The van der Waals surface area contributed by atoms with Gasteiger partial charge < -0.3 is 10.1 Å². The molecule has 2 aliphatic heterocycles. The van der Waals surface area contributed by atoms with Gasteiger partial charge in [-0.3, -0.25) is 4.90 Å². The highest BCUT2D eigenvalue weighted by Gasteiger charge is 2.46. The first-order valence-electron chi connectivity index (χ1n) is 6.10. The van der Waals surface area contributed by atoms with Gasteiger partial charge in [0.1, 0.15) is 5.60 Å². The minimum atomic E-state index is -0.289. The molecule has 1 aromatic rings. The molecule has 0 aromatic heterocycles. The molecule has 3 rings (SSSR count). The summed E-state index contributed by atoms with van der Waals surface area (Å²) >= 11 is 3.44. The molecule has 1 spiro atoms. The molecule has 4 nitrogen and oxygen atoms in total. The van der Waals surface area contributed by atoms with E-state index in [1.807, 2.05) is 24.3 Å². The fourth-order valence-corrected chi connectivity index (χ4v) is 3.06. The van der Waals surface area contributed by atoms with Crippen LogP contribution in [0.1, 0.15) is 12.0 Å². The molecule has 1 atom stereocenters. The molecule has 1 aromatic carbocycles. The third-order valence-electron chi connectivity index (χ3n) is 3.51. The molecule has 2 fully saturated rings. The summed E-state index contributed by atoms with van der Waals surface area (Å²) in [5.41, 5.74) is 0.827. The fourth-order valence-electron chi connectivity index (χ4n) is 2.61. The number of nitrogens with one attached hydrogen (secondary N) is 1. The van der Waals surface area contributed by atoms with Gasteiger partial charge in [-0.2, -0.15) is 0 Å². The Balaban J connectivity index is 1.72. The maximum absolute atomic E-state index is 11.9. The monoisotopic (exact) mass is 310 g/mol. The van der Waals surface area contributed by atoms with Crippen molar-refractivity contribution in [1.29, 1.82) is 0 Å². The lowest BCUT2D eigenvalue weighted by atomic mass is 10.0. The zero-order chi connectivity index (χ0) is 12.6. The van der Waals surface area contributed by atoms with Crippen LogP contribution in [0.4, 0.5) is 4.79 Å². The standard InChI is InChI=1S/C13H15BrN2O2/c14-11-3-1-2-10(6-11)7-16-9-13(18-12(16)17)4-5-15-8-13/h1-3,6,15H,4-5,7-9H2. The van der Waals surface area contributed by atoms with Crippen LogP contribution in [0.25, 0.3) is 0 Å². The topological polar surface area (TPSA) is 41.6 Å². The lowest BCUT2D eigenvalue weighted by molar-refractivity contribution is 0.0727. The number of carbonyl (C=O) groups is 1. The van der Waals surface area contributed by atoms with E-state index >= 15 is 0 Å². The Morgan fingerprint density at radius 3 is 3.11 bits per heavy atom. The van der Waals surface area contributed by atoms with E-state index in [4.69, 9.17) is 4.74 Å². The van der Waals surface area contributed by atoms with Gasteiger partial charge in [0.05, 0.1) is 6.54 Å². The minimum absolute atomic E-state index is 0.196. The normalized spacial score (nSPS) is 26.9. The van der Waals surface area contributed by atoms with Gasteiger partial charge in [0.25, 0.3) is 0 Å². The van der Waals surface area contributed by atoms with Crippen LogP contribution >= 0.6 is 15.9 Å². The third-order valence-corrected chi connectivity index (χ3v) is 4.00. The van der Waals surface area contributed by atoms with Crippen molar-refractivity contribution in [3.63, 3.8) is 0 Å². The number of rotatable bonds is 2. The highest BCUT2D eigenvalue weighted by atomic mass is 79.9. The number of amides is 1. The van der Waals surface area contributed by atoms with Gasteiger partial charge in [0.2, 0.25) is 0 Å². The largest absolute Gasteiger partial charge is 0.439 e. The number of hydrogen-bond acceptors (Lipinski definition) is 3. The quantitative estimate of drug-likeness (QED) is 0.910. The van der Waals surface area contributed by atoms with E-state index in [9.17, 15) is 4.79 Å². The molecule has 2 saturated heterocycles. The van der Waals surface area contributed by atoms with Crippen molar-refractivity contribution >= 4 is 22.0 Å². The van der Waals surface area contributed by atoms with Crippen LogP contribution in [0.3, 0.4) is 0 Å². The van der Waals surface area contributed by atoms with Crippen LogP contribution in [-0.4, -0.2) is 36.2 Å². The average Bonchev–Trinajstić information content (AvgIpc) is 2.88. The second kappa shape index (κ2) is 4.55. The number of nitrogens with zero attached hydrogens (tertiary/aromatic N) is 1. The van der Waals surface area contributed by atoms with Crippen LogP contribution in [0.5, 0.6) is 0 Å². The average molecular weight is 311 g/mol. The molecule has 0 bridgehead atoms. The Kier molecular flexibility index (Phi) is 3.03. The number of ether oxygens (including phenoxy) is 1. The molecule has 1 amide bonds. The van der Waals surface area contributed by atoms with E-state index < -0.39 is 0 Å². The molecular formula is C13H15BrN2O2. The maximum Gasteiger partial charge on any atom is 0.410 e. The van der Waals surface area contributed by atoms with E-state index in [0.717, 1.165) is 29.5 Å². The molecule has 5 heteroatoms. The first-order valence-corrected chi connectivity index (χ1v) is 6.89. The Hall–Kier alpha value is -1.07. The summed E-state index contributed by atoms with van der Waals surface area (Å²) in [6.07, 6.45) is 0.715. The van der Waals surface area contributed by atoms with Crippen LogP contribution < -0.4 is 5.32 Å². The number of carbonyl (C=O) groups excluding carboxylic acids is 1. The Morgan fingerprint density at radius 1 is 1.50 bits per heavy atom. The lowest BCUT2D eigenvalue weighted by Gasteiger charge is -2.19. The minimum Gasteiger partial charge on any atom is -0.439 e. The molecule has 96 valence electrons. The molecule has 1 N–H and O–H groups in total. The van der Waals surface area contributed by atoms with Crippen molar-refractivity contribution in [2.75, 3.05) is 19.6 Å². The highest BCUT2D eigenvalue weighted by molar-refractivity contribution is 9.10. The van der Waals surface area contributed by atoms with E-state index in [1.165, 1.54) is 0 Å². The maximum atomic E-state index is 11.9. The molecule has 0 saturated carbocycles. The Labute approximate surface area is 114 Å². The van der Waals surface area contributed by atoms with Crippen molar-refractivity contribution in [2.24, 2.45) is 0 Å². The van der Waals surface area contributed by atoms with E-state index in [2.05, 4.69) is 21.2 Å². The molecule has 2 aliphatic rings. The van der Waals surface area contributed by atoms with Crippen LogP contribution in [0.2, 0.25) is 0 Å². The second-order valence-corrected chi connectivity index (χ2v) is 5.88. The summed E-state index contributed by atoms with van der Waals surface area (Å²) < 4.78 is 6.57.